The minimum Gasteiger partial charge on any atom is -0.486 e. The molecular formula is C16H23N3O2. The molecule has 0 unspecified atom stereocenters. The lowest BCUT2D eigenvalue weighted by Crippen LogP contribution is -2.42. The summed E-state index contributed by atoms with van der Waals surface area (Å²) in [6.07, 6.45) is 4.83. The lowest BCUT2D eigenvalue weighted by atomic mass is 9.78. The number of benzene rings is 1. The van der Waals surface area contributed by atoms with Gasteiger partial charge in [0.15, 0.2) is 17.5 Å². The minimum atomic E-state index is 0.116. The SMILES string of the molecule is CN=C(N)NCC1(c2ccc3c(c2)OCCO3)CCCC1. The van der Waals surface area contributed by atoms with Crippen LogP contribution in [0.2, 0.25) is 0 Å². The van der Waals surface area contributed by atoms with E-state index >= 15 is 0 Å². The van der Waals surface area contributed by atoms with E-state index in [1.807, 2.05) is 6.07 Å². The Kier molecular flexibility index (Phi) is 3.90. The third-order valence-corrected chi connectivity index (χ3v) is 4.56. The number of nitrogens with one attached hydrogen (secondary N) is 1. The van der Waals surface area contributed by atoms with Crippen molar-refractivity contribution in [3.63, 3.8) is 0 Å². The molecule has 21 heavy (non-hydrogen) atoms. The molecule has 3 rings (SSSR count). The van der Waals surface area contributed by atoms with E-state index in [2.05, 4.69) is 22.4 Å². The molecule has 1 saturated carbocycles. The normalized spacial score (nSPS) is 20.3. The summed E-state index contributed by atoms with van der Waals surface area (Å²) in [5.41, 5.74) is 7.22. The second-order valence-electron chi connectivity index (χ2n) is 5.81. The molecule has 114 valence electrons. The highest BCUT2D eigenvalue weighted by molar-refractivity contribution is 5.77. The standard InChI is InChI=1S/C16H23N3O2/c1-18-15(17)19-11-16(6-2-3-7-16)12-4-5-13-14(10-12)21-9-8-20-13/h4-5,10H,2-3,6-9,11H2,1H3,(H3,17,18,19). The Morgan fingerprint density at radius 2 is 1.95 bits per heavy atom. The van der Waals surface area contributed by atoms with Crippen molar-refractivity contribution in [2.24, 2.45) is 10.7 Å². The number of aliphatic imine (C=N–C) groups is 1. The van der Waals surface area contributed by atoms with E-state index in [0.29, 0.717) is 19.2 Å². The molecule has 0 bridgehead atoms. The number of ether oxygens (including phenoxy) is 2. The third kappa shape index (κ3) is 2.77. The van der Waals surface area contributed by atoms with Crippen LogP contribution < -0.4 is 20.5 Å². The van der Waals surface area contributed by atoms with E-state index in [4.69, 9.17) is 15.2 Å². The van der Waals surface area contributed by atoms with Crippen LogP contribution in [0.15, 0.2) is 23.2 Å². The fourth-order valence-electron chi connectivity index (χ4n) is 3.33. The molecule has 3 N–H and O–H groups in total. The molecule has 0 aromatic heterocycles. The zero-order chi connectivity index (χ0) is 14.7. The molecule has 2 aliphatic rings. The lowest BCUT2D eigenvalue weighted by Gasteiger charge is -2.31. The molecule has 5 heteroatoms. The van der Waals surface area contributed by atoms with Crippen LogP contribution in [0.5, 0.6) is 11.5 Å². The van der Waals surface area contributed by atoms with Crippen molar-refractivity contribution in [1.82, 2.24) is 5.32 Å². The van der Waals surface area contributed by atoms with Gasteiger partial charge >= 0.3 is 0 Å². The average Bonchev–Trinajstić information content (AvgIpc) is 3.02. The highest BCUT2D eigenvalue weighted by atomic mass is 16.6. The fourth-order valence-corrected chi connectivity index (χ4v) is 3.33. The molecule has 0 atom stereocenters. The molecular weight excluding hydrogens is 266 g/mol. The van der Waals surface area contributed by atoms with Crippen molar-refractivity contribution in [3.05, 3.63) is 23.8 Å². The van der Waals surface area contributed by atoms with Crippen LogP contribution in [0.25, 0.3) is 0 Å². The first-order valence-electron chi connectivity index (χ1n) is 7.60. The molecule has 1 aliphatic carbocycles. The van der Waals surface area contributed by atoms with Crippen LogP contribution in [-0.4, -0.2) is 32.8 Å². The highest BCUT2D eigenvalue weighted by Gasteiger charge is 2.36. The Balaban J connectivity index is 1.86. The summed E-state index contributed by atoms with van der Waals surface area (Å²) in [6.45, 7) is 2.06. The summed E-state index contributed by atoms with van der Waals surface area (Å²) in [4.78, 5) is 3.98. The Morgan fingerprint density at radius 1 is 1.24 bits per heavy atom. The Hall–Kier alpha value is -1.91. The van der Waals surface area contributed by atoms with Crippen molar-refractivity contribution in [3.8, 4) is 11.5 Å². The highest BCUT2D eigenvalue weighted by Crippen LogP contribution is 2.43. The molecule has 5 nitrogen and oxygen atoms in total. The van der Waals surface area contributed by atoms with Gasteiger partial charge in [0.1, 0.15) is 13.2 Å². The first kappa shape index (κ1) is 14.0. The maximum atomic E-state index is 5.79. The zero-order valence-electron chi connectivity index (χ0n) is 12.5. The second-order valence-corrected chi connectivity index (χ2v) is 5.81. The molecule has 1 heterocycles. The van der Waals surface area contributed by atoms with Crippen LogP contribution in [0.3, 0.4) is 0 Å². The van der Waals surface area contributed by atoms with E-state index in [0.717, 1.165) is 30.9 Å². The van der Waals surface area contributed by atoms with Crippen molar-refractivity contribution in [2.75, 3.05) is 26.8 Å². The summed E-state index contributed by atoms with van der Waals surface area (Å²) < 4.78 is 11.3. The van der Waals surface area contributed by atoms with Crippen LogP contribution in [0, 0.1) is 0 Å². The predicted molar refractivity (Wildman–Crippen MR) is 83.1 cm³/mol. The molecule has 1 aliphatic heterocycles. The summed E-state index contributed by atoms with van der Waals surface area (Å²) in [5, 5.41) is 3.25. The fraction of sp³-hybridized carbons (Fsp3) is 0.562. The van der Waals surface area contributed by atoms with Crippen LogP contribution in [0.4, 0.5) is 0 Å². The van der Waals surface area contributed by atoms with E-state index < -0.39 is 0 Å². The van der Waals surface area contributed by atoms with Crippen molar-refractivity contribution >= 4 is 5.96 Å². The Labute approximate surface area is 125 Å². The first-order chi connectivity index (χ1) is 10.2. The topological polar surface area (TPSA) is 68.9 Å². The van der Waals surface area contributed by atoms with Gasteiger partial charge in [0.25, 0.3) is 0 Å². The molecule has 1 fully saturated rings. The smallest absolute Gasteiger partial charge is 0.188 e. The quantitative estimate of drug-likeness (QED) is 0.657. The van der Waals surface area contributed by atoms with Gasteiger partial charge in [0, 0.05) is 19.0 Å². The third-order valence-electron chi connectivity index (χ3n) is 4.56. The number of nitrogens with zero attached hydrogens (tertiary/aromatic N) is 1. The second kappa shape index (κ2) is 5.84. The maximum absolute atomic E-state index is 5.79. The van der Waals surface area contributed by atoms with Gasteiger partial charge in [0.05, 0.1) is 0 Å². The number of rotatable bonds is 3. The Bertz CT molecular complexity index is 536. The number of hydrogen-bond donors (Lipinski definition) is 2. The average molecular weight is 289 g/mol. The number of nitrogens with two attached hydrogens (primary N) is 1. The van der Waals surface area contributed by atoms with Gasteiger partial charge in [-0.25, -0.2) is 0 Å². The first-order valence-corrected chi connectivity index (χ1v) is 7.60. The van der Waals surface area contributed by atoms with Gasteiger partial charge in [0.2, 0.25) is 0 Å². The van der Waals surface area contributed by atoms with Gasteiger partial charge < -0.3 is 20.5 Å². The molecule has 1 aromatic carbocycles. The van der Waals surface area contributed by atoms with Gasteiger partial charge in [-0.3, -0.25) is 4.99 Å². The van der Waals surface area contributed by atoms with E-state index in [9.17, 15) is 0 Å². The molecule has 0 radical (unpaired) electrons. The maximum Gasteiger partial charge on any atom is 0.188 e. The lowest BCUT2D eigenvalue weighted by molar-refractivity contribution is 0.171. The van der Waals surface area contributed by atoms with Gasteiger partial charge in [-0.05, 0) is 30.5 Å². The molecule has 0 spiro atoms. The van der Waals surface area contributed by atoms with Crippen LogP contribution in [-0.2, 0) is 5.41 Å². The number of guanidine groups is 1. The largest absolute Gasteiger partial charge is 0.486 e. The van der Waals surface area contributed by atoms with Crippen molar-refractivity contribution in [2.45, 2.75) is 31.1 Å². The monoisotopic (exact) mass is 289 g/mol. The Morgan fingerprint density at radius 3 is 2.67 bits per heavy atom. The predicted octanol–water partition coefficient (Wildman–Crippen LogP) is 1.80. The van der Waals surface area contributed by atoms with Gasteiger partial charge in [-0.2, -0.15) is 0 Å². The minimum absolute atomic E-state index is 0.116. The zero-order valence-corrected chi connectivity index (χ0v) is 12.5. The van der Waals surface area contributed by atoms with Gasteiger partial charge in [-0.1, -0.05) is 18.9 Å². The van der Waals surface area contributed by atoms with E-state index in [1.165, 1.54) is 18.4 Å². The van der Waals surface area contributed by atoms with E-state index in [-0.39, 0.29) is 5.41 Å². The van der Waals surface area contributed by atoms with E-state index in [1.54, 1.807) is 7.05 Å². The summed E-state index contributed by atoms with van der Waals surface area (Å²) in [6, 6.07) is 6.34. The number of fused-ring (bicyclic) bond motifs is 1. The number of hydrogen-bond acceptors (Lipinski definition) is 3. The van der Waals surface area contributed by atoms with Crippen LogP contribution in [0.1, 0.15) is 31.2 Å². The molecule has 0 saturated heterocycles. The van der Waals surface area contributed by atoms with Crippen molar-refractivity contribution < 1.29 is 9.47 Å². The summed E-state index contributed by atoms with van der Waals surface area (Å²) >= 11 is 0. The van der Waals surface area contributed by atoms with Crippen LogP contribution >= 0.6 is 0 Å². The molecule has 0 amide bonds. The summed E-state index contributed by atoms with van der Waals surface area (Å²) in [5.74, 6) is 2.21. The summed E-state index contributed by atoms with van der Waals surface area (Å²) in [7, 11) is 1.70. The van der Waals surface area contributed by atoms with Gasteiger partial charge in [-0.15, -0.1) is 0 Å². The van der Waals surface area contributed by atoms with Crippen molar-refractivity contribution in [1.29, 1.82) is 0 Å². The molecule has 1 aromatic rings.